The van der Waals surface area contributed by atoms with Gasteiger partial charge < -0.3 is 4.90 Å². The highest BCUT2D eigenvalue weighted by molar-refractivity contribution is 6.20. The lowest BCUT2D eigenvalue weighted by atomic mass is 10.1. The Morgan fingerprint density at radius 2 is 1.73 bits per heavy atom. The highest BCUT2D eigenvalue weighted by atomic mass is 19.1. The number of hydrazone groups is 1. The summed E-state index contributed by atoms with van der Waals surface area (Å²) < 4.78 is 13.2. The van der Waals surface area contributed by atoms with Gasteiger partial charge in [-0.1, -0.05) is 12.1 Å². The van der Waals surface area contributed by atoms with Crippen molar-refractivity contribution in [3.8, 4) is 0 Å². The molecule has 4 rings (SSSR count). The van der Waals surface area contributed by atoms with Gasteiger partial charge in [0.15, 0.2) is 5.84 Å². The fourth-order valence-electron chi connectivity index (χ4n) is 2.78. The molecule has 0 N–H and O–H groups in total. The van der Waals surface area contributed by atoms with E-state index in [2.05, 4.69) is 10.0 Å². The second kappa shape index (κ2) is 4.94. The van der Waals surface area contributed by atoms with Gasteiger partial charge in [0.2, 0.25) is 0 Å². The summed E-state index contributed by atoms with van der Waals surface area (Å²) in [6, 6.07) is 14.4. The highest BCUT2D eigenvalue weighted by Gasteiger charge is 2.30. The molecule has 4 nitrogen and oxygen atoms in total. The molecule has 0 bridgehead atoms. The number of benzene rings is 2. The zero-order chi connectivity index (χ0) is 15.1. The van der Waals surface area contributed by atoms with E-state index < -0.39 is 0 Å². The molecule has 0 radical (unpaired) electrons. The van der Waals surface area contributed by atoms with Crippen molar-refractivity contribution in [3.05, 3.63) is 65.5 Å². The Hall–Kier alpha value is -2.69. The number of rotatable bonds is 1. The number of nitrogens with zero attached hydrogens (tertiary/aromatic N) is 4. The molecular formula is C17H15FN4. The van der Waals surface area contributed by atoms with Gasteiger partial charge >= 0.3 is 0 Å². The summed E-state index contributed by atoms with van der Waals surface area (Å²) in [4.78, 5) is 6.88. The molecule has 0 spiro atoms. The zero-order valence-corrected chi connectivity index (χ0v) is 12.2. The number of likely N-dealkylation sites (N-methyl/N-ethyl adjacent to an activating group) is 1. The van der Waals surface area contributed by atoms with Gasteiger partial charge in [-0.3, -0.25) is 5.01 Å². The summed E-state index contributed by atoms with van der Waals surface area (Å²) in [5.74, 6) is 1.48. The van der Waals surface area contributed by atoms with Crippen molar-refractivity contribution in [2.45, 2.75) is 0 Å². The van der Waals surface area contributed by atoms with Crippen LogP contribution in [0.2, 0.25) is 0 Å². The molecule has 0 atom stereocenters. The highest BCUT2D eigenvalue weighted by Crippen LogP contribution is 2.29. The maximum atomic E-state index is 13.2. The van der Waals surface area contributed by atoms with Crippen molar-refractivity contribution < 1.29 is 4.39 Å². The molecule has 0 fully saturated rings. The standard InChI is InChI=1S/C17H15FN4/c1-21-10-11-22-16(12-6-8-13(18)9-7-12)19-15-5-3-2-4-14(15)17(22)20-21/h2-9H,10-11H2,1H3. The average molecular weight is 294 g/mol. The number of hydrogen-bond acceptors (Lipinski definition) is 4. The van der Waals surface area contributed by atoms with Crippen LogP contribution in [0.1, 0.15) is 11.1 Å². The first-order valence-corrected chi connectivity index (χ1v) is 7.24. The Balaban J connectivity index is 1.90. The molecule has 0 amide bonds. The number of para-hydroxylation sites is 1. The van der Waals surface area contributed by atoms with Crippen LogP contribution < -0.4 is 0 Å². The van der Waals surface area contributed by atoms with Gasteiger partial charge in [0.25, 0.3) is 0 Å². The van der Waals surface area contributed by atoms with Crippen LogP contribution in [-0.4, -0.2) is 41.7 Å². The number of fused-ring (bicyclic) bond motifs is 3. The second-order valence-corrected chi connectivity index (χ2v) is 5.42. The van der Waals surface area contributed by atoms with Gasteiger partial charge in [0.1, 0.15) is 11.7 Å². The van der Waals surface area contributed by atoms with Crippen LogP contribution in [0.25, 0.3) is 0 Å². The largest absolute Gasteiger partial charge is 0.307 e. The van der Waals surface area contributed by atoms with Crippen LogP contribution in [0.5, 0.6) is 0 Å². The second-order valence-electron chi connectivity index (χ2n) is 5.42. The Morgan fingerprint density at radius 3 is 2.55 bits per heavy atom. The third-order valence-electron chi connectivity index (χ3n) is 3.90. The quantitative estimate of drug-likeness (QED) is 0.810. The Bertz CT molecular complexity index is 780. The van der Waals surface area contributed by atoms with E-state index in [9.17, 15) is 4.39 Å². The summed E-state index contributed by atoms with van der Waals surface area (Å²) in [5.41, 5.74) is 2.82. The lowest BCUT2D eigenvalue weighted by Crippen LogP contribution is -2.48. The Morgan fingerprint density at radius 1 is 0.955 bits per heavy atom. The smallest absolute Gasteiger partial charge is 0.163 e. The molecule has 22 heavy (non-hydrogen) atoms. The number of aliphatic imine (C=N–C) groups is 1. The lowest BCUT2D eigenvalue weighted by molar-refractivity contribution is 0.303. The normalized spacial score (nSPS) is 16.6. The number of halogens is 1. The van der Waals surface area contributed by atoms with Gasteiger partial charge in [-0.25, -0.2) is 9.38 Å². The van der Waals surface area contributed by atoms with E-state index in [0.717, 1.165) is 41.6 Å². The van der Waals surface area contributed by atoms with Crippen molar-refractivity contribution in [2.24, 2.45) is 10.1 Å². The molecule has 0 saturated heterocycles. The minimum Gasteiger partial charge on any atom is -0.307 e. The summed E-state index contributed by atoms with van der Waals surface area (Å²) in [6.45, 7) is 1.63. The van der Waals surface area contributed by atoms with Crippen molar-refractivity contribution in [1.82, 2.24) is 9.91 Å². The van der Waals surface area contributed by atoms with Crippen molar-refractivity contribution in [2.75, 3.05) is 20.1 Å². The summed E-state index contributed by atoms with van der Waals surface area (Å²) in [5, 5.41) is 6.60. The minimum absolute atomic E-state index is 0.243. The number of hydrogen-bond donors (Lipinski definition) is 0. The monoisotopic (exact) mass is 294 g/mol. The Kier molecular flexibility index (Phi) is 2.92. The van der Waals surface area contributed by atoms with E-state index in [0.29, 0.717) is 0 Å². The molecule has 2 aliphatic rings. The van der Waals surface area contributed by atoms with E-state index in [1.807, 2.05) is 36.3 Å². The van der Waals surface area contributed by atoms with Gasteiger partial charge in [-0.2, -0.15) is 5.10 Å². The van der Waals surface area contributed by atoms with Crippen LogP contribution >= 0.6 is 0 Å². The molecule has 0 aromatic heterocycles. The average Bonchev–Trinajstić information content (AvgIpc) is 2.55. The van der Waals surface area contributed by atoms with E-state index in [1.54, 1.807) is 12.1 Å². The molecule has 2 heterocycles. The van der Waals surface area contributed by atoms with Crippen LogP contribution in [0, 0.1) is 5.82 Å². The van der Waals surface area contributed by atoms with E-state index in [-0.39, 0.29) is 5.82 Å². The third-order valence-corrected chi connectivity index (χ3v) is 3.90. The van der Waals surface area contributed by atoms with Crippen molar-refractivity contribution >= 4 is 17.4 Å². The third kappa shape index (κ3) is 2.06. The van der Waals surface area contributed by atoms with Crippen LogP contribution in [0.3, 0.4) is 0 Å². The fraction of sp³-hybridized carbons (Fsp3) is 0.176. The van der Waals surface area contributed by atoms with Gasteiger partial charge in [-0.15, -0.1) is 0 Å². The van der Waals surface area contributed by atoms with Crippen molar-refractivity contribution in [3.63, 3.8) is 0 Å². The van der Waals surface area contributed by atoms with E-state index in [1.165, 1.54) is 12.1 Å². The molecule has 2 aromatic carbocycles. The maximum absolute atomic E-state index is 13.2. The van der Waals surface area contributed by atoms with E-state index in [4.69, 9.17) is 4.99 Å². The molecule has 2 aromatic rings. The van der Waals surface area contributed by atoms with Crippen LogP contribution in [0.15, 0.2) is 58.6 Å². The summed E-state index contributed by atoms with van der Waals surface area (Å²) in [6.07, 6.45) is 0. The maximum Gasteiger partial charge on any atom is 0.163 e. The van der Waals surface area contributed by atoms with Gasteiger partial charge in [0.05, 0.1) is 12.2 Å². The predicted molar refractivity (Wildman–Crippen MR) is 84.9 cm³/mol. The molecular weight excluding hydrogens is 279 g/mol. The zero-order valence-electron chi connectivity index (χ0n) is 12.2. The van der Waals surface area contributed by atoms with E-state index >= 15 is 0 Å². The first-order valence-electron chi connectivity index (χ1n) is 7.24. The predicted octanol–water partition coefficient (Wildman–Crippen LogP) is 2.83. The minimum atomic E-state index is -0.243. The first kappa shape index (κ1) is 13.0. The first-order chi connectivity index (χ1) is 10.7. The molecule has 110 valence electrons. The summed E-state index contributed by atoms with van der Waals surface area (Å²) >= 11 is 0. The number of amidine groups is 2. The van der Waals surface area contributed by atoms with Crippen molar-refractivity contribution in [1.29, 1.82) is 0 Å². The molecule has 0 aliphatic carbocycles. The lowest BCUT2D eigenvalue weighted by Gasteiger charge is -2.36. The fourth-order valence-corrected chi connectivity index (χ4v) is 2.78. The molecule has 0 saturated carbocycles. The molecule has 0 unspecified atom stereocenters. The topological polar surface area (TPSA) is 31.2 Å². The van der Waals surface area contributed by atoms with Crippen LogP contribution in [0.4, 0.5) is 10.1 Å². The molecule has 5 heteroatoms. The van der Waals surface area contributed by atoms with Crippen LogP contribution in [-0.2, 0) is 0 Å². The van der Waals surface area contributed by atoms with Gasteiger partial charge in [-0.05, 0) is 36.4 Å². The Labute approximate surface area is 128 Å². The summed E-state index contributed by atoms with van der Waals surface area (Å²) in [7, 11) is 1.97. The molecule has 2 aliphatic heterocycles. The SMILES string of the molecule is CN1CCN2C(c3ccc(F)cc3)=Nc3ccccc3C2=N1. The van der Waals surface area contributed by atoms with Gasteiger partial charge in [0, 0.05) is 24.7 Å².